The van der Waals surface area contributed by atoms with Crippen molar-refractivity contribution in [2.75, 3.05) is 11.9 Å². The summed E-state index contributed by atoms with van der Waals surface area (Å²) in [6.45, 7) is 7.38. The highest BCUT2D eigenvalue weighted by Gasteiger charge is 2.26. The third kappa shape index (κ3) is 4.99. The molecule has 0 fully saturated rings. The zero-order valence-electron chi connectivity index (χ0n) is 16.1. The summed E-state index contributed by atoms with van der Waals surface area (Å²) in [5.41, 5.74) is 3.99. The molecule has 27 heavy (non-hydrogen) atoms. The number of carbonyl (C=O) groups is 2. The minimum absolute atomic E-state index is 0.0126. The van der Waals surface area contributed by atoms with Crippen LogP contribution in [0.2, 0.25) is 0 Å². The fourth-order valence-corrected chi connectivity index (χ4v) is 3.76. The second kappa shape index (κ2) is 8.28. The molecule has 0 heterocycles. The van der Waals surface area contributed by atoms with Gasteiger partial charge in [0.05, 0.1) is 0 Å². The van der Waals surface area contributed by atoms with Crippen LogP contribution in [0, 0.1) is 0 Å². The van der Waals surface area contributed by atoms with E-state index < -0.39 is 0 Å². The van der Waals surface area contributed by atoms with Crippen LogP contribution >= 0.6 is 11.9 Å². The normalized spacial score (nSPS) is 12.6. The van der Waals surface area contributed by atoms with Gasteiger partial charge in [-0.1, -0.05) is 42.3 Å². The molecule has 0 saturated heterocycles. The summed E-state index contributed by atoms with van der Waals surface area (Å²) in [6, 6.07) is 13.2. The van der Waals surface area contributed by atoms with E-state index in [-0.39, 0.29) is 16.4 Å². The molecule has 0 atom stereocenters. The van der Waals surface area contributed by atoms with E-state index in [4.69, 9.17) is 0 Å². The van der Waals surface area contributed by atoms with Crippen LogP contribution in [0.1, 0.15) is 56.0 Å². The van der Waals surface area contributed by atoms with Crippen molar-refractivity contribution in [1.29, 1.82) is 0 Å². The smallest absolute Gasteiger partial charge is 0.224 e. The predicted octanol–water partition coefficient (Wildman–Crippen LogP) is 5.04. The van der Waals surface area contributed by atoms with Gasteiger partial charge in [-0.05, 0) is 56.9 Å². The van der Waals surface area contributed by atoms with E-state index in [1.54, 1.807) is 18.0 Å². The first-order chi connectivity index (χ1) is 12.8. The summed E-state index contributed by atoms with van der Waals surface area (Å²) in [6.07, 6.45) is 2.26. The highest BCUT2D eigenvalue weighted by molar-refractivity contribution is 7.98. The summed E-state index contributed by atoms with van der Waals surface area (Å²) in [5.74, 6) is 0.0144. The second-order valence-electron chi connectivity index (χ2n) is 7.75. The molecule has 0 saturated carbocycles. The van der Waals surface area contributed by atoms with Crippen molar-refractivity contribution in [2.45, 2.75) is 44.8 Å². The summed E-state index contributed by atoms with van der Waals surface area (Å²) in [5, 5.41) is 2.92. The van der Waals surface area contributed by atoms with Gasteiger partial charge in [-0.3, -0.25) is 14.3 Å². The lowest BCUT2D eigenvalue weighted by molar-refractivity contribution is -0.116. The molecule has 0 aliphatic heterocycles. The first kappa shape index (κ1) is 19.6. The average molecular weight is 383 g/mol. The van der Waals surface area contributed by atoms with Crippen LogP contribution in [-0.4, -0.2) is 23.0 Å². The molecule has 5 heteroatoms. The molecule has 3 rings (SSSR count). The fourth-order valence-electron chi connectivity index (χ4n) is 3.08. The van der Waals surface area contributed by atoms with Crippen LogP contribution in [0.3, 0.4) is 0 Å². The number of rotatable bonds is 7. The van der Waals surface area contributed by atoms with Gasteiger partial charge in [0.2, 0.25) is 5.91 Å². The standard InChI is InChI=1S/C22H26N2O2S/c1-22(2,3)27-23-13-7-6-10-20(25)24-15-11-12-17-16-8-4-5-9-18(16)21(26)19(17)14-15/h4-5,8-9,11-12,14,23H,6-7,10,13H2,1-3H3,(H,24,25). The SMILES string of the molecule is CC(C)(C)SNCCCCC(=O)Nc1ccc2c(c1)C(=O)c1ccccc1-2. The summed E-state index contributed by atoms with van der Waals surface area (Å²) >= 11 is 1.72. The van der Waals surface area contributed by atoms with E-state index in [0.717, 1.165) is 36.1 Å². The van der Waals surface area contributed by atoms with E-state index in [0.29, 0.717) is 17.7 Å². The predicted molar refractivity (Wildman–Crippen MR) is 113 cm³/mol. The number of fused-ring (bicyclic) bond motifs is 3. The van der Waals surface area contributed by atoms with Crippen molar-refractivity contribution in [3.63, 3.8) is 0 Å². The lowest BCUT2D eigenvalue weighted by Crippen LogP contribution is -2.18. The molecule has 4 nitrogen and oxygen atoms in total. The van der Waals surface area contributed by atoms with Crippen LogP contribution in [0.15, 0.2) is 42.5 Å². The van der Waals surface area contributed by atoms with Crippen LogP contribution in [0.5, 0.6) is 0 Å². The largest absolute Gasteiger partial charge is 0.326 e. The third-order valence-corrected chi connectivity index (χ3v) is 5.28. The van der Waals surface area contributed by atoms with E-state index in [1.165, 1.54) is 0 Å². The summed E-state index contributed by atoms with van der Waals surface area (Å²) in [4.78, 5) is 24.7. The molecule has 142 valence electrons. The van der Waals surface area contributed by atoms with Crippen molar-refractivity contribution in [3.8, 4) is 11.1 Å². The Hall–Kier alpha value is -2.11. The molecule has 2 aromatic carbocycles. The summed E-state index contributed by atoms with van der Waals surface area (Å²) in [7, 11) is 0. The number of hydrogen-bond acceptors (Lipinski definition) is 4. The Balaban J connectivity index is 1.50. The molecule has 0 bridgehead atoms. The Morgan fingerprint density at radius 1 is 0.963 bits per heavy atom. The van der Waals surface area contributed by atoms with Gasteiger partial charge in [-0.25, -0.2) is 0 Å². The highest BCUT2D eigenvalue weighted by Crippen LogP contribution is 2.37. The van der Waals surface area contributed by atoms with E-state index >= 15 is 0 Å². The third-order valence-electron chi connectivity index (χ3n) is 4.32. The number of hydrogen-bond donors (Lipinski definition) is 2. The lowest BCUT2D eigenvalue weighted by Gasteiger charge is -2.17. The van der Waals surface area contributed by atoms with Gasteiger partial charge in [-0.2, -0.15) is 0 Å². The number of unbranched alkanes of at least 4 members (excludes halogenated alkanes) is 1. The van der Waals surface area contributed by atoms with Gasteiger partial charge in [-0.15, -0.1) is 0 Å². The number of amides is 1. The second-order valence-corrected chi connectivity index (χ2v) is 9.47. The topological polar surface area (TPSA) is 58.2 Å². The molecular weight excluding hydrogens is 356 g/mol. The maximum Gasteiger partial charge on any atom is 0.224 e. The molecule has 0 radical (unpaired) electrons. The van der Waals surface area contributed by atoms with Crippen LogP contribution in [-0.2, 0) is 4.79 Å². The molecular formula is C22H26N2O2S. The van der Waals surface area contributed by atoms with Gasteiger partial charge in [0.1, 0.15) is 0 Å². The zero-order valence-corrected chi connectivity index (χ0v) is 16.9. The Labute approximate surface area is 165 Å². The molecule has 0 unspecified atom stereocenters. The van der Waals surface area contributed by atoms with Gasteiger partial charge in [0.25, 0.3) is 0 Å². The maximum absolute atomic E-state index is 12.5. The molecule has 1 amide bonds. The molecule has 2 aromatic rings. The fraction of sp³-hybridized carbons (Fsp3) is 0.364. The van der Waals surface area contributed by atoms with Gasteiger partial charge in [0.15, 0.2) is 5.78 Å². The van der Waals surface area contributed by atoms with Crippen molar-refractivity contribution < 1.29 is 9.59 Å². The Morgan fingerprint density at radius 3 is 2.41 bits per heavy atom. The van der Waals surface area contributed by atoms with Crippen LogP contribution < -0.4 is 10.0 Å². The Morgan fingerprint density at radius 2 is 1.67 bits per heavy atom. The van der Waals surface area contributed by atoms with Crippen molar-refractivity contribution in [2.24, 2.45) is 0 Å². The van der Waals surface area contributed by atoms with Gasteiger partial charge >= 0.3 is 0 Å². The number of benzene rings is 2. The van der Waals surface area contributed by atoms with Crippen molar-refractivity contribution in [3.05, 3.63) is 53.6 Å². The number of ketones is 1. The van der Waals surface area contributed by atoms with Gasteiger partial charge in [0, 0.05) is 34.5 Å². The molecule has 0 aromatic heterocycles. The monoisotopic (exact) mass is 382 g/mol. The van der Waals surface area contributed by atoms with E-state index in [1.807, 2.05) is 36.4 Å². The molecule has 1 aliphatic carbocycles. The maximum atomic E-state index is 12.5. The van der Waals surface area contributed by atoms with Gasteiger partial charge < -0.3 is 5.32 Å². The highest BCUT2D eigenvalue weighted by atomic mass is 32.2. The molecule has 0 spiro atoms. The minimum atomic E-state index is -0.0126. The van der Waals surface area contributed by atoms with Crippen LogP contribution in [0.4, 0.5) is 5.69 Å². The number of nitrogens with one attached hydrogen (secondary N) is 2. The summed E-state index contributed by atoms with van der Waals surface area (Å²) < 4.78 is 3.53. The van der Waals surface area contributed by atoms with Crippen LogP contribution in [0.25, 0.3) is 11.1 Å². The van der Waals surface area contributed by atoms with E-state index in [9.17, 15) is 9.59 Å². The Bertz CT molecular complexity index is 856. The van der Waals surface area contributed by atoms with Crippen molar-refractivity contribution >= 4 is 29.3 Å². The van der Waals surface area contributed by atoms with Crippen molar-refractivity contribution in [1.82, 2.24) is 4.72 Å². The Kier molecular flexibility index (Phi) is 6.02. The lowest BCUT2D eigenvalue weighted by atomic mass is 10.1. The quantitative estimate of drug-likeness (QED) is 0.444. The number of carbonyl (C=O) groups excluding carboxylic acids is 2. The first-order valence-corrected chi connectivity index (χ1v) is 10.2. The molecule has 1 aliphatic rings. The minimum Gasteiger partial charge on any atom is -0.326 e. The average Bonchev–Trinajstić information content (AvgIpc) is 2.90. The number of anilines is 1. The van der Waals surface area contributed by atoms with E-state index in [2.05, 4.69) is 30.8 Å². The zero-order chi connectivity index (χ0) is 19.4. The first-order valence-electron chi connectivity index (χ1n) is 9.34. The molecule has 2 N–H and O–H groups in total.